The maximum absolute atomic E-state index is 13.4. The highest BCUT2D eigenvalue weighted by Gasteiger charge is 2.41. The van der Waals surface area contributed by atoms with E-state index in [9.17, 15) is 22.8 Å². The van der Waals surface area contributed by atoms with Crippen molar-refractivity contribution in [3.8, 4) is 0 Å². The second-order valence-electron chi connectivity index (χ2n) is 9.56. The number of aryl methyl sites for hydroxylation is 1. The van der Waals surface area contributed by atoms with Crippen LogP contribution in [0.1, 0.15) is 58.9 Å². The summed E-state index contributed by atoms with van der Waals surface area (Å²) in [5.74, 6) is -2.67. The molecule has 0 bridgehead atoms. The molecule has 0 spiro atoms. The van der Waals surface area contributed by atoms with E-state index in [-0.39, 0.29) is 47.0 Å². The van der Waals surface area contributed by atoms with Gasteiger partial charge in [0.15, 0.2) is 0 Å². The van der Waals surface area contributed by atoms with Gasteiger partial charge in [-0.1, -0.05) is 29.3 Å². The molecule has 1 N–H and O–H groups in total. The van der Waals surface area contributed by atoms with Crippen LogP contribution in [0.4, 0.5) is 13.2 Å². The summed E-state index contributed by atoms with van der Waals surface area (Å²) in [6, 6.07) is 0. The van der Waals surface area contributed by atoms with Gasteiger partial charge in [-0.25, -0.2) is 4.98 Å². The lowest BCUT2D eigenvalue weighted by Gasteiger charge is -2.31. The monoisotopic (exact) mass is 543 g/mol. The summed E-state index contributed by atoms with van der Waals surface area (Å²) in [5, 5.41) is 9.26. The Labute approximate surface area is 216 Å². The number of hydrogen-bond donors (Lipinski definition) is 1. The van der Waals surface area contributed by atoms with Gasteiger partial charge >= 0.3 is 12.1 Å². The van der Waals surface area contributed by atoms with Gasteiger partial charge in [0.2, 0.25) is 0 Å². The molecule has 4 rings (SSSR count). The van der Waals surface area contributed by atoms with Crippen LogP contribution in [0.2, 0.25) is 10.2 Å². The van der Waals surface area contributed by atoms with Crippen molar-refractivity contribution < 1.29 is 27.9 Å². The molecule has 1 unspecified atom stereocenters. The van der Waals surface area contributed by atoms with Crippen molar-refractivity contribution in [2.45, 2.75) is 52.3 Å². The second kappa shape index (κ2) is 10.1. The molecular formula is C25H26Cl2F3N3O3. The second-order valence-corrected chi connectivity index (χ2v) is 10.3. The number of alkyl halides is 3. The molecule has 2 aliphatic rings. The fourth-order valence-corrected chi connectivity index (χ4v) is 5.70. The lowest BCUT2D eigenvalue weighted by atomic mass is 9.87. The van der Waals surface area contributed by atoms with Crippen molar-refractivity contribution >= 4 is 40.7 Å². The Balaban J connectivity index is 1.59. The number of carbonyl (C=O) groups is 2. The molecule has 2 aromatic rings. The Morgan fingerprint density at radius 3 is 2.47 bits per heavy atom. The molecule has 0 radical (unpaired) electrons. The molecule has 1 atom stereocenters. The van der Waals surface area contributed by atoms with Crippen molar-refractivity contribution in [1.82, 2.24) is 14.5 Å². The third kappa shape index (κ3) is 5.27. The van der Waals surface area contributed by atoms with E-state index in [1.54, 1.807) is 24.9 Å². The van der Waals surface area contributed by atoms with E-state index in [1.807, 2.05) is 4.57 Å². The molecule has 6 nitrogen and oxygen atoms in total. The highest BCUT2D eigenvalue weighted by molar-refractivity contribution is 6.37. The number of fused-ring (bicyclic) bond motifs is 1. The van der Waals surface area contributed by atoms with Gasteiger partial charge < -0.3 is 14.6 Å². The lowest BCUT2D eigenvalue weighted by molar-refractivity contribution is -0.160. The van der Waals surface area contributed by atoms with Crippen LogP contribution in [0.15, 0.2) is 18.5 Å². The Bertz CT molecular complexity index is 1230. The van der Waals surface area contributed by atoms with Gasteiger partial charge in [0.05, 0.1) is 23.0 Å². The molecule has 1 aliphatic heterocycles. The van der Waals surface area contributed by atoms with Crippen LogP contribution in [0.25, 0.3) is 5.57 Å². The largest absolute Gasteiger partial charge is 0.481 e. The predicted molar refractivity (Wildman–Crippen MR) is 130 cm³/mol. The third-order valence-electron chi connectivity index (χ3n) is 7.05. The van der Waals surface area contributed by atoms with Gasteiger partial charge in [0.25, 0.3) is 5.91 Å². The minimum absolute atomic E-state index is 0.0253. The number of amides is 1. The summed E-state index contributed by atoms with van der Waals surface area (Å²) >= 11 is 13.0. The molecule has 1 aliphatic carbocycles. The number of likely N-dealkylation sites (tertiary alicyclic amines) is 1. The molecule has 3 heterocycles. The van der Waals surface area contributed by atoms with E-state index in [2.05, 4.69) is 4.98 Å². The molecule has 11 heteroatoms. The number of halogens is 5. The quantitative estimate of drug-likeness (QED) is 0.468. The van der Waals surface area contributed by atoms with Gasteiger partial charge in [-0.05, 0) is 55.7 Å². The number of pyridine rings is 1. The summed E-state index contributed by atoms with van der Waals surface area (Å²) < 4.78 is 42.0. The zero-order chi connectivity index (χ0) is 26.4. The fourth-order valence-electron chi connectivity index (χ4n) is 5.17. The molecule has 1 saturated heterocycles. The Kier molecular flexibility index (Phi) is 7.44. The van der Waals surface area contributed by atoms with Crippen LogP contribution in [-0.2, 0) is 17.8 Å². The maximum Gasteiger partial charge on any atom is 0.395 e. The first-order chi connectivity index (χ1) is 16.9. The van der Waals surface area contributed by atoms with Crippen molar-refractivity contribution in [2.24, 2.45) is 11.8 Å². The van der Waals surface area contributed by atoms with Crippen LogP contribution < -0.4 is 0 Å². The minimum Gasteiger partial charge on any atom is -0.481 e. The Hall–Kier alpha value is -2.52. The minimum atomic E-state index is -4.32. The average molecular weight is 544 g/mol. The Morgan fingerprint density at radius 2 is 1.86 bits per heavy atom. The summed E-state index contributed by atoms with van der Waals surface area (Å²) in [5.41, 5.74) is 3.18. The first kappa shape index (κ1) is 26.5. The third-order valence-corrected chi connectivity index (χ3v) is 7.81. The number of aliphatic carboxylic acids is 1. The number of allylic oxidation sites excluding steroid dienone is 2. The summed E-state index contributed by atoms with van der Waals surface area (Å²) in [4.78, 5) is 30.0. The number of piperidine rings is 1. The summed E-state index contributed by atoms with van der Waals surface area (Å²) in [7, 11) is 0. The van der Waals surface area contributed by atoms with Gasteiger partial charge in [0.1, 0.15) is 5.15 Å². The standard InChI is InChI=1S/C25H26Cl2F3N3O3/c1-13-7-16(25(28,29)30)9-17-14(2)11-33(22(13)17)12-19-21(26)18(10-31-23(19)27)24(36)32-5-3-15(4-6-32)8-20(34)35/h7,10-11,15-16H,3-6,8-9,12H2,1-2H3,(H,34,35). The van der Waals surface area contributed by atoms with Crippen LogP contribution in [0.5, 0.6) is 0 Å². The number of carboxylic acids is 1. The highest BCUT2D eigenvalue weighted by atomic mass is 35.5. The highest BCUT2D eigenvalue weighted by Crippen LogP contribution is 2.40. The van der Waals surface area contributed by atoms with Crippen molar-refractivity contribution in [1.29, 1.82) is 0 Å². The molecule has 1 fully saturated rings. The van der Waals surface area contributed by atoms with Crippen LogP contribution >= 0.6 is 23.2 Å². The van der Waals surface area contributed by atoms with Crippen LogP contribution in [-0.4, -0.2) is 50.7 Å². The predicted octanol–water partition coefficient (Wildman–Crippen LogP) is 6.01. The van der Waals surface area contributed by atoms with Gasteiger partial charge in [-0.3, -0.25) is 9.59 Å². The van der Waals surface area contributed by atoms with E-state index < -0.39 is 18.1 Å². The molecule has 0 saturated carbocycles. The first-order valence-electron chi connectivity index (χ1n) is 11.6. The van der Waals surface area contributed by atoms with Gasteiger partial charge in [0, 0.05) is 43.2 Å². The smallest absolute Gasteiger partial charge is 0.395 e. The number of rotatable bonds is 5. The number of carbonyl (C=O) groups excluding carboxylic acids is 1. The molecular weight excluding hydrogens is 518 g/mol. The maximum atomic E-state index is 13.4. The van der Waals surface area contributed by atoms with Gasteiger partial charge in [-0.15, -0.1) is 0 Å². The number of carboxylic acid groups (broad SMARTS) is 1. The first-order valence-corrected chi connectivity index (χ1v) is 12.4. The number of aromatic nitrogens is 2. The SMILES string of the molecule is CC1=CC(C(F)(F)F)Cc2c(C)cn(Cc3c(Cl)ncc(C(=O)N4CCC(CC(=O)O)CC4)c3Cl)c21. The number of nitrogens with zero attached hydrogens (tertiary/aromatic N) is 3. The molecule has 0 aromatic carbocycles. The molecule has 194 valence electrons. The molecule has 1 amide bonds. The normalized spacial score (nSPS) is 18.7. The fraction of sp³-hybridized carbons (Fsp3) is 0.480. The molecule has 36 heavy (non-hydrogen) atoms. The summed E-state index contributed by atoms with van der Waals surface area (Å²) in [6.07, 6.45) is 1.14. The zero-order valence-corrected chi connectivity index (χ0v) is 21.3. The average Bonchev–Trinajstić information content (AvgIpc) is 3.11. The molecule has 2 aromatic heterocycles. The topological polar surface area (TPSA) is 75.4 Å². The van der Waals surface area contributed by atoms with Crippen molar-refractivity contribution in [2.75, 3.05) is 13.1 Å². The Morgan fingerprint density at radius 1 is 1.19 bits per heavy atom. The van der Waals surface area contributed by atoms with E-state index in [1.165, 1.54) is 12.3 Å². The van der Waals surface area contributed by atoms with Crippen LogP contribution in [0.3, 0.4) is 0 Å². The van der Waals surface area contributed by atoms with Gasteiger partial charge in [-0.2, -0.15) is 13.2 Å². The zero-order valence-electron chi connectivity index (χ0n) is 19.8. The number of hydrogen-bond acceptors (Lipinski definition) is 3. The lowest BCUT2D eigenvalue weighted by Crippen LogP contribution is -2.39. The van der Waals surface area contributed by atoms with E-state index in [4.69, 9.17) is 28.3 Å². The van der Waals surface area contributed by atoms with Crippen LogP contribution in [0, 0.1) is 18.8 Å². The van der Waals surface area contributed by atoms with Crippen molar-refractivity contribution in [3.63, 3.8) is 0 Å². The van der Waals surface area contributed by atoms with E-state index in [0.29, 0.717) is 48.3 Å². The van der Waals surface area contributed by atoms with Crippen molar-refractivity contribution in [3.05, 3.63) is 56.6 Å². The van der Waals surface area contributed by atoms with E-state index in [0.717, 1.165) is 5.56 Å². The summed E-state index contributed by atoms with van der Waals surface area (Å²) in [6.45, 7) is 4.41. The van der Waals surface area contributed by atoms with E-state index >= 15 is 0 Å².